The highest BCUT2D eigenvalue weighted by Crippen LogP contribution is 2.53. The number of thioether (sulfide) groups is 1. The van der Waals surface area contributed by atoms with Crippen molar-refractivity contribution in [1.29, 1.82) is 0 Å². The molecule has 1 fully saturated rings. The monoisotopic (exact) mass is 639 g/mol. The number of rotatable bonds is 13. The molecule has 0 radical (unpaired) electrons. The number of benzene rings is 4. The molecule has 4 aromatic carbocycles. The minimum atomic E-state index is -1.07. The number of nitrogens with zero attached hydrogens (tertiary/aromatic N) is 1. The molecule has 0 saturated carbocycles. The lowest BCUT2D eigenvalue weighted by Gasteiger charge is -2.25. The van der Waals surface area contributed by atoms with E-state index >= 15 is 0 Å². The standard InChI is InChI=1S/C36H37N3O6S/c1-36(22-32(40)38-19-18-24-12-17-30(43-2)31(20-24)44-3)35(42)39(28-11-7-10-27(21-28)33(37)41)34(46-36)26-13-15-29(16-14-26)45-23-25-8-5-4-6-9-25/h4-17,20-21,34H,18-19,22-23H2,1-3H3,(H2,37,41)(H,38,40)/t34-,36+/m0/s1. The van der Waals surface area contributed by atoms with Crippen molar-refractivity contribution in [2.24, 2.45) is 5.73 Å². The van der Waals surface area contributed by atoms with Crippen molar-refractivity contribution >= 4 is 35.2 Å². The molecule has 3 amide bonds. The number of hydrogen-bond acceptors (Lipinski definition) is 7. The molecule has 4 aromatic rings. The fraction of sp³-hybridized carbons (Fsp3) is 0.250. The average molecular weight is 640 g/mol. The van der Waals surface area contributed by atoms with Gasteiger partial charge in [0.15, 0.2) is 11.5 Å². The van der Waals surface area contributed by atoms with Crippen molar-refractivity contribution in [3.63, 3.8) is 0 Å². The van der Waals surface area contributed by atoms with Gasteiger partial charge in [-0.2, -0.15) is 0 Å². The number of methoxy groups -OCH3 is 2. The lowest BCUT2D eigenvalue weighted by atomic mass is 10.0. The Balaban J connectivity index is 1.32. The normalized spacial score (nSPS) is 17.4. The fourth-order valence-electron chi connectivity index (χ4n) is 5.33. The molecule has 9 nitrogen and oxygen atoms in total. The second-order valence-corrected chi connectivity index (χ2v) is 12.7. The third-order valence-corrected chi connectivity index (χ3v) is 9.33. The molecule has 238 valence electrons. The molecular weight excluding hydrogens is 602 g/mol. The maximum absolute atomic E-state index is 14.1. The van der Waals surface area contributed by atoms with E-state index in [1.807, 2.05) is 72.8 Å². The van der Waals surface area contributed by atoms with Gasteiger partial charge in [0.05, 0.1) is 14.2 Å². The molecule has 0 aromatic heterocycles. The van der Waals surface area contributed by atoms with Gasteiger partial charge in [-0.1, -0.05) is 54.6 Å². The van der Waals surface area contributed by atoms with Crippen LogP contribution in [0, 0.1) is 0 Å². The summed E-state index contributed by atoms with van der Waals surface area (Å²) in [6.07, 6.45) is 0.556. The van der Waals surface area contributed by atoms with E-state index in [1.54, 1.807) is 50.3 Å². The molecule has 1 aliphatic rings. The smallest absolute Gasteiger partial charge is 0.248 e. The molecular formula is C36H37N3O6S. The predicted molar refractivity (Wildman–Crippen MR) is 179 cm³/mol. The van der Waals surface area contributed by atoms with Crippen LogP contribution in [0.1, 0.15) is 45.8 Å². The van der Waals surface area contributed by atoms with E-state index in [4.69, 9.17) is 19.9 Å². The molecule has 2 atom stereocenters. The maximum atomic E-state index is 14.1. The molecule has 1 aliphatic heterocycles. The summed E-state index contributed by atoms with van der Waals surface area (Å²) >= 11 is 1.40. The van der Waals surface area contributed by atoms with Gasteiger partial charge in [-0.3, -0.25) is 19.3 Å². The van der Waals surface area contributed by atoms with Crippen LogP contribution in [0.25, 0.3) is 0 Å². The molecule has 1 heterocycles. The van der Waals surface area contributed by atoms with Crippen molar-refractivity contribution in [2.75, 3.05) is 25.7 Å². The van der Waals surface area contributed by atoms with E-state index in [0.29, 0.717) is 48.1 Å². The van der Waals surface area contributed by atoms with Gasteiger partial charge in [0.2, 0.25) is 17.7 Å². The van der Waals surface area contributed by atoms with E-state index in [9.17, 15) is 14.4 Å². The van der Waals surface area contributed by atoms with Crippen molar-refractivity contribution in [2.45, 2.75) is 36.5 Å². The minimum absolute atomic E-state index is 0.0246. The van der Waals surface area contributed by atoms with E-state index in [0.717, 1.165) is 16.7 Å². The molecule has 0 spiro atoms. The van der Waals surface area contributed by atoms with Gasteiger partial charge in [-0.15, -0.1) is 11.8 Å². The van der Waals surface area contributed by atoms with Gasteiger partial charge in [0, 0.05) is 24.2 Å². The zero-order valence-corrected chi connectivity index (χ0v) is 26.8. The number of anilines is 1. The lowest BCUT2D eigenvalue weighted by Crippen LogP contribution is -2.41. The number of nitrogens with one attached hydrogen (secondary N) is 1. The average Bonchev–Trinajstić information content (AvgIpc) is 3.33. The zero-order chi connectivity index (χ0) is 32.7. The van der Waals surface area contributed by atoms with Crippen LogP contribution in [0.15, 0.2) is 97.1 Å². The van der Waals surface area contributed by atoms with Gasteiger partial charge in [-0.05, 0) is 72.5 Å². The number of amides is 3. The van der Waals surface area contributed by atoms with Gasteiger partial charge >= 0.3 is 0 Å². The third-order valence-electron chi connectivity index (χ3n) is 7.78. The number of carbonyl (C=O) groups excluding carboxylic acids is 3. The largest absolute Gasteiger partial charge is 0.493 e. The van der Waals surface area contributed by atoms with Crippen LogP contribution in [-0.4, -0.2) is 43.2 Å². The predicted octanol–water partition coefficient (Wildman–Crippen LogP) is 5.67. The van der Waals surface area contributed by atoms with Gasteiger partial charge in [0.25, 0.3) is 0 Å². The Morgan fingerprint density at radius 1 is 0.891 bits per heavy atom. The number of nitrogens with two attached hydrogens (primary N) is 1. The summed E-state index contributed by atoms with van der Waals surface area (Å²) in [5.74, 6) is 0.891. The Bertz CT molecular complexity index is 1700. The molecule has 5 rings (SSSR count). The Morgan fingerprint density at radius 2 is 1.63 bits per heavy atom. The van der Waals surface area contributed by atoms with Gasteiger partial charge in [0.1, 0.15) is 22.5 Å². The van der Waals surface area contributed by atoms with Crippen LogP contribution in [0.3, 0.4) is 0 Å². The summed E-state index contributed by atoms with van der Waals surface area (Å²) in [5.41, 5.74) is 9.27. The minimum Gasteiger partial charge on any atom is -0.493 e. The van der Waals surface area contributed by atoms with Crippen molar-refractivity contribution in [3.8, 4) is 17.2 Å². The molecule has 46 heavy (non-hydrogen) atoms. The first-order chi connectivity index (χ1) is 22.2. The van der Waals surface area contributed by atoms with Crippen LogP contribution in [0.5, 0.6) is 17.2 Å². The summed E-state index contributed by atoms with van der Waals surface area (Å²) in [6, 6.07) is 29.8. The quantitative estimate of drug-likeness (QED) is 0.194. The van der Waals surface area contributed by atoms with Gasteiger partial charge < -0.3 is 25.3 Å². The number of hydrogen-bond donors (Lipinski definition) is 2. The van der Waals surface area contributed by atoms with E-state index < -0.39 is 16.0 Å². The highest BCUT2D eigenvalue weighted by molar-refractivity contribution is 8.02. The summed E-state index contributed by atoms with van der Waals surface area (Å²) in [4.78, 5) is 41.0. The number of primary amides is 1. The van der Waals surface area contributed by atoms with Crippen LogP contribution in [0.4, 0.5) is 5.69 Å². The zero-order valence-electron chi connectivity index (χ0n) is 26.0. The summed E-state index contributed by atoms with van der Waals surface area (Å²) in [7, 11) is 3.16. The van der Waals surface area contributed by atoms with Crippen LogP contribution in [0.2, 0.25) is 0 Å². The van der Waals surface area contributed by atoms with Crippen molar-refractivity contribution in [3.05, 3.63) is 119 Å². The highest BCUT2D eigenvalue weighted by Gasteiger charge is 2.51. The summed E-state index contributed by atoms with van der Waals surface area (Å²) in [5, 5.41) is 2.51. The second kappa shape index (κ2) is 14.4. The third kappa shape index (κ3) is 7.46. The van der Waals surface area contributed by atoms with Gasteiger partial charge in [-0.25, -0.2) is 0 Å². The number of ether oxygens (including phenoxy) is 3. The Labute approximate surface area is 273 Å². The SMILES string of the molecule is COc1ccc(CCNC(=O)C[C@@]2(C)S[C@@H](c3ccc(OCc4ccccc4)cc3)N(c3cccc(C(N)=O)c3)C2=O)cc1OC. The molecule has 10 heteroatoms. The first kappa shape index (κ1) is 32.4. The summed E-state index contributed by atoms with van der Waals surface area (Å²) < 4.78 is 15.6. The summed E-state index contributed by atoms with van der Waals surface area (Å²) in [6.45, 7) is 2.61. The van der Waals surface area contributed by atoms with E-state index in [1.165, 1.54) is 11.8 Å². The first-order valence-electron chi connectivity index (χ1n) is 14.9. The van der Waals surface area contributed by atoms with Crippen LogP contribution < -0.4 is 30.2 Å². The van der Waals surface area contributed by atoms with Crippen molar-refractivity contribution in [1.82, 2.24) is 5.32 Å². The Morgan fingerprint density at radius 3 is 2.33 bits per heavy atom. The molecule has 3 N–H and O–H groups in total. The molecule has 0 unspecified atom stereocenters. The molecule has 1 saturated heterocycles. The van der Waals surface area contributed by atoms with Crippen LogP contribution in [-0.2, 0) is 22.6 Å². The first-order valence-corrected chi connectivity index (χ1v) is 15.7. The maximum Gasteiger partial charge on any atom is 0.248 e. The van der Waals surface area contributed by atoms with E-state index in [-0.39, 0.29) is 18.2 Å². The Hall–Kier alpha value is -4.96. The molecule has 0 bridgehead atoms. The molecule has 0 aliphatic carbocycles. The van der Waals surface area contributed by atoms with Crippen molar-refractivity contribution < 1.29 is 28.6 Å². The number of carbonyl (C=O) groups is 3. The fourth-order valence-corrected chi connectivity index (χ4v) is 6.85. The lowest BCUT2D eigenvalue weighted by molar-refractivity contribution is -0.126. The second-order valence-electron chi connectivity index (χ2n) is 11.1. The Kier molecular flexibility index (Phi) is 10.2. The topological polar surface area (TPSA) is 120 Å². The highest BCUT2D eigenvalue weighted by atomic mass is 32.2. The van der Waals surface area contributed by atoms with Crippen LogP contribution >= 0.6 is 11.8 Å². The van der Waals surface area contributed by atoms with E-state index in [2.05, 4.69) is 5.32 Å².